The zero-order valence-electron chi connectivity index (χ0n) is 9.83. The maximum Gasteiger partial charge on any atom is 0.123 e. The Morgan fingerprint density at radius 3 is 2.61 bits per heavy atom. The molecule has 1 N–H and O–H groups in total. The molecule has 1 aromatic rings. The van der Waals surface area contributed by atoms with Gasteiger partial charge in [0.05, 0.1) is 6.04 Å². The van der Waals surface area contributed by atoms with Crippen LogP contribution in [0.5, 0.6) is 0 Å². The van der Waals surface area contributed by atoms with Crippen LogP contribution in [0.3, 0.4) is 0 Å². The topological polar surface area (TPSA) is 15.3 Å². The van der Waals surface area contributed by atoms with Crippen LogP contribution < -0.4 is 5.32 Å². The van der Waals surface area contributed by atoms with Gasteiger partial charge >= 0.3 is 0 Å². The lowest BCUT2D eigenvalue weighted by Gasteiger charge is -2.34. The molecule has 1 aromatic carbocycles. The van der Waals surface area contributed by atoms with E-state index in [1.807, 2.05) is 4.90 Å². The zero-order chi connectivity index (χ0) is 12.3. The van der Waals surface area contributed by atoms with Gasteiger partial charge in [-0.2, -0.15) is 0 Å². The summed E-state index contributed by atoms with van der Waals surface area (Å²) in [5.74, 6) is -0.377. The van der Waals surface area contributed by atoms with Gasteiger partial charge in [-0.1, -0.05) is 11.6 Å². The van der Waals surface area contributed by atoms with E-state index in [1.165, 1.54) is 18.2 Å². The molecule has 0 saturated carbocycles. The number of rotatable bonds is 3. The summed E-state index contributed by atoms with van der Waals surface area (Å²) in [5.41, 5.74) is 0.538. The van der Waals surface area contributed by atoms with Crippen molar-refractivity contribution in [2.75, 3.05) is 32.9 Å². The number of hydrogen-bond donors (Lipinski definition) is 1. The molecule has 18 heavy (non-hydrogen) atoms. The Hall–Kier alpha value is -0.420. The third-order valence-electron chi connectivity index (χ3n) is 3.06. The van der Waals surface area contributed by atoms with Gasteiger partial charge in [-0.15, -0.1) is 12.4 Å². The quantitative estimate of drug-likeness (QED) is 0.923. The van der Waals surface area contributed by atoms with Crippen LogP contribution >= 0.6 is 24.0 Å². The lowest BCUT2D eigenvalue weighted by molar-refractivity contribution is 0.147. The summed E-state index contributed by atoms with van der Waals surface area (Å²) < 4.78 is 26.4. The number of nitrogens with one attached hydrogen (secondary N) is 1. The minimum atomic E-state index is -0.552. The third-order valence-corrected chi connectivity index (χ3v) is 3.40. The fourth-order valence-corrected chi connectivity index (χ4v) is 2.38. The average Bonchev–Trinajstić information content (AvgIpc) is 2.36. The van der Waals surface area contributed by atoms with Gasteiger partial charge in [0, 0.05) is 31.2 Å². The predicted octanol–water partition coefficient (Wildman–Crippen LogP) is 2.82. The Balaban J connectivity index is 0.00000162. The molecule has 0 amide bonds. The molecule has 0 aliphatic carbocycles. The van der Waals surface area contributed by atoms with E-state index in [4.69, 9.17) is 11.6 Å². The maximum atomic E-state index is 13.2. The van der Waals surface area contributed by atoms with Gasteiger partial charge in [-0.25, -0.2) is 8.78 Å². The van der Waals surface area contributed by atoms with Gasteiger partial charge < -0.3 is 5.32 Å². The summed E-state index contributed by atoms with van der Waals surface area (Å²) in [6.45, 7) is 2.60. The first-order valence-electron chi connectivity index (χ1n) is 5.68. The largest absolute Gasteiger partial charge is 0.314 e. The number of nitrogens with zero attached hydrogens (tertiary/aromatic N) is 1. The number of hydrogen-bond acceptors (Lipinski definition) is 2. The lowest BCUT2D eigenvalue weighted by atomic mass is 10.1. The monoisotopic (exact) mass is 296 g/mol. The van der Waals surface area contributed by atoms with E-state index in [9.17, 15) is 8.78 Å². The second-order valence-electron chi connectivity index (χ2n) is 4.12. The molecule has 1 heterocycles. The minimum absolute atomic E-state index is 0. The summed E-state index contributed by atoms with van der Waals surface area (Å²) >= 11 is 6.01. The first kappa shape index (κ1) is 15.6. The highest BCUT2D eigenvalue weighted by Gasteiger charge is 2.24. The fraction of sp³-hybridized carbons (Fsp3) is 0.500. The smallest absolute Gasteiger partial charge is 0.123 e. The minimum Gasteiger partial charge on any atom is -0.314 e. The van der Waals surface area contributed by atoms with E-state index in [-0.39, 0.29) is 18.2 Å². The maximum absolute atomic E-state index is 13.2. The van der Waals surface area contributed by atoms with Crippen LogP contribution in [0.1, 0.15) is 11.6 Å². The van der Waals surface area contributed by atoms with Crippen molar-refractivity contribution in [2.45, 2.75) is 6.04 Å². The van der Waals surface area contributed by atoms with Crippen LogP contribution in [0.4, 0.5) is 8.78 Å². The van der Waals surface area contributed by atoms with Gasteiger partial charge in [0.15, 0.2) is 0 Å². The lowest BCUT2D eigenvalue weighted by Crippen LogP contribution is -2.45. The van der Waals surface area contributed by atoms with Crippen molar-refractivity contribution in [3.8, 4) is 0 Å². The van der Waals surface area contributed by atoms with E-state index in [1.54, 1.807) is 0 Å². The van der Waals surface area contributed by atoms with Crippen LogP contribution in [0.25, 0.3) is 0 Å². The van der Waals surface area contributed by atoms with Gasteiger partial charge in [0.25, 0.3) is 0 Å². The van der Waals surface area contributed by atoms with Crippen LogP contribution in [-0.2, 0) is 0 Å². The van der Waals surface area contributed by atoms with Gasteiger partial charge in [-0.05, 0) is 23.8 Å². The van der Waals surface area contributed by atoms with E-state index < -0.39 is 12.7 Å². The number of alkyl halides is 1. The van der Waals surface area contributed by atoms with Gasteiger partial charge in [0.2, 0.25) is 0 Å². The highest BCUT2D eigenvalue weighted by Crippen LogP contribution is 2.29. The Labute approximate surface area is 117 Å². The van der Waals surface area contributed by atoms with E-state index in [0.29, 0.717) is 10.6 Å². The molecule has 2 rings (SSSR count). The first-order chi connectivity index (χ1) is 8.22. The molecular weight excluding hydrogens is 281 g/mol. The normalized spacial score (nSPS) is 18.2. The summed E-state index contributed by atoms with van der Waals surface area (Å²) in [5, 5.41) is 3.62. The van der Waals surface area contributed by atoms with Crippen molar-refractivity contribution in [3.63, 3.8) is 0 Å². The molecule has 1 saturated heterocycles. The summed E-state index contributed by atoms with van der Waals surface area (Å²) in [6, 6.07) is 3.66. The van der Waals surface area contributed by atoms with Crippen molar-refractivity contribution in [1.29, 1.82) is 0 Å². The van der Waals surface area contributed by atoms with E-state index in [2.05, 4.69) is 5.32 Å². The predicted molar refractivity (Wildman–Crippen MR) is 71.8 cm³/mol. The second-order valence-corrected chi connectivity index (χ2v) is 4.53. The Kier molecular flexibility index (Phi) is 6.29. The zero-order valence-corrected chi connectivity index (χ0v) is 11.4. The molecular formula is C12H16Cl2F2N2. The van der Waals surface area contributed by atoms with Gasteiger partial charge in [-0.3, -0.25) is 4.90 Å². The van der Waals surface area contributed by atoms with E-state index in [0.717, 1.165) is 26.2 Å². The number of halogens is 4. The van der Waals surface area contributed by atoms with Gasteiger partial charge in [0.1, 0.15) is 12.5 Å². The summed E-state index contributed by atoms with van der Waals surface area (Å²) in [7, 11) is 0. The molecule has 1 fully saturated rings. The molecule has 0 aromatic heterocycles. The highest BCUT2D eigenvalue weighted by molar-refractivity contribution is 6.31. The second kappa shape index (κ2) is 7.24. The Bertz CT molecular complexity index is 384. The third kappa shape index (κ3) is 3.54. The van der Waals surface area contributed by atoms with Crippen molar-refractivity contribution in [3.05, 3.63) is 34.6 Å². The molecule has 0 radical (unpaired) electrons. The number of benzene rings is 1. The van der Waals surface area contributed by atoms with Crippen molar-refractivity contribution >= 4 is 24.0 Å². The Morgan fingerprint density at radius 2 is 2.00 bits per heavy atom. The standard InChI is InChI=1S/C12H15ClF2N2.ClH/c13-11-2-1-9(15)7-10(11)12(8-14)17-5-3-16-4-6-17;/h1-2,7,12,16H,3-6,8H2;1H/t12-;/m1./s1. The van der Waals surface area contributed by atoms with Crippen molar-refractivity contribution in [2.24, 2.45) is 0 Å². The van der Waals surface area contributed by atoms with Crippen LogP contribution in [-0.4, -0.2) is 37.8 Å². The average molecular weight is 297 g/mol. The van der Waals surface area contributed by atoms with Crippen molar-refractivity contribution in [1.82, 2.24) is 10.2 Å². The molecule has 0 unspecified atom stereocenters. The first-order valence-corrected chi connectivity index (χ1v) is 6.06. The molecule has 2 nitrogen and oxygen atoms in total. The Morgan fingerprint density at radius 1 is 1.33 bits per heavy atom. The summed E-state index contributed by atoms with van der Waals surface area (Å²) in [4.78, 5) is 2.00. The molecule has 0 spiro atoms. The molecule has 102 valence electrons. The molecule has 1 aliphatic heterocycles. The SMILES string of the molecule is Cl.FC[C@H](c1cc(F)ccc1Cl)N1CCNCC1. The fourth-order valence-electron chi connectivity index (χ4n) is 2.14. The van der Waals surface area contributed by atoms with E-state index >= 15 is 0 Å². The molecule has 1 atom stereocenters. The molecule has 6 heteroatoms. The highest BCUT2D eigenvalue weighted by atomic mass is 35.5. The van der Waals surface area contributed by atoms with Crippen LogP contribution in [0, 0.1) is 5.82 Å². The summed E-state index contributed by atoms with van der Waals surface area (Å²) in [6.07, 6.45) is 0. The van der Waals surface area contributed by atoms with Crippen LogP contribution in [0.2, 0.25) is 5.02 Å². The molecule has 0 bridgehead atoms. The number of piperazine rings is 1. The van der Waals surface area contributed by atoms with Crippen molar-refractivity contribution < 1.29 is 8.78 Å². The van der Waals surface area contributed by atoms with Crippen LogP contribution in [0.15, 0.2) is 18.2 Å². The molecule has 1 aliphatic rings.